The van der Waals surface area contributed by atoms with Gasteiger partial charge in [0, 0.05) is 41.2 Å². The van der Waals surface area contributed by atoms with E-state index in [1.54, 1.807) is 18.2 Å². The number of H-pyrrole nitrogens is 1. The van der Waals surface area contributed by atoms with Crippen LogP contribution in [0.15, 0.2) is 42.6 Å². The molecule has 3 aromatic rings. The second kappa shape index (κ2) is 6.90. The first-order chi connectivity index (χ1) is 13.0. The van der Waals surface area contributed by atoms with Crippen molar-refractivity contribution in [1.82, 2.24) is 15.6 Å². The maximum atomic E-state index is 13.8. The normalized spacial score (nSPS) is 18.4. The van der Waals surface area contributed by atoms with Gasteiger partial charge in [0.2, 0.25) is 0 Å². The zero-order valence-electron chi connectivity index (χ0n) is 14.4. The van der Waals surface area contributed by atoms with Crippen LogP contribution >= 0.6 is 0 Å². The van der Waals surface area contributed by atoms with Crippen molar-refractivity contribution in [2.45, 2.75) is 24.8 Å². The Kier molecular flexibility index (Phi) is 4.43. The van der Waals surface area contributed by atoms with Gasteiger partial charge in [0.1, 0.15) is 17.4 Å². The molecular weight excluding hydrogens is 352 g/mol. The third-order valence-corrected chi connectivity index (χ3v) is 4.91. The summed E-state index contributed by atoms with van der Waals surface area (Å²) in [6.45, 7) is 0.403. The molecule has 1 aliphatic carbocycles. The Labute approximate surface area is 154 Å². The zero-order valence-corrected chi connectivity index (χ0v) is 14.4. The molecule has 0 unspecified atom stereocenters. The minimum Gasteiger partial charge on any atom is -0.508 e. The molecule has 0 radical (unpaired) electrons. The minimum atomic E-state index is -0.577. The van der Waals surface area contributed by atoms with Crippen molar-refractivity contribution in [2.24, 2.45) is 0 Å². The first-order valence-corrected chi connectivity index (χ1v) is 8.80. The maximum absolute atomic E-state index is 13.8. The highest BCUT2D eigenvalue weighted by Gasteiger charge is 2.42. The van der Waals surface area contributed by atoms with Gasteiger partial charge in [0.25, 0.3) is 0 Å². The lowest BCUT2D eigenvalue weighted by molar-refractivity contribution is 0.240. The second-order valence-electron chi connectivity index (χ2n) is 6.78. The monoisotopic (exact) mass is 371 g/mol. The molecule has 2 amide bonds. The van der Waals surface area contributed by atoms with Gasteiger partial charge in [-0.05, 0) is 48.7 Å². The van der Waals surface area contributed by atoms with E-state index in [1.165, 1.54) is 18.2 Å². The molecule has 2 atom stereocenters. The van der Waals surface area contributed by atoms with Crippen molar-refractivity contribution < 1.29 is 18.7 Å². The number of halogens is 2. The number of carbonyl (C=O) groups excluding carboxylic acids is 1. The van der Waals surface area contributed by atoms with Crippen molar-refractivity contribution >= 4 is 16.9 Å². The van der Waals surface area contributed by atoms with E-state index >= 15 is 0 Å². The van der Waals surface area contributed by atoms with Crippen molar-refractivity contribution in [3.05, 3.63) is 65.4 Å². The van der Waals surface area contributed by atoms with Gasteiger partial charge < -0.3 is 20.7 Å². The lowest BCUT2D eigenvalue weighted by Gasteiger charge is -2.08. The van der Waals surface area contributed by atoms with Crippen LogP contribution in [0.4, 0.5) is 13.6 Å². The summed E-state index contributed by atoms with van der Waals surface area (Å²) in [5.74, 6) is -1.29. The highest BCUT2D eigenvalue weighted by molar-refractivity contribution is 5.84. The summed E-state index contributed by atoms with van der Waals surface area (Å²) in [6, 6.07) is 8.25. The molecule has 4 N–H and O–H groups in total. The number of aromatic amines is 1. The molecule has 1 fully saturated rings. The molecule has 0 aliphatic heterocycles. The fourth-order valence-electron chi connectivity index (χ4n) is 3.44. The number of aromatic hydroxyl groups is 1. The molecular formula is C20H19F2N3O2. The van der Waals surface area contributed by atoms with Gasteiger partial charge >= 0.3 is 6.03 Å². The molecule has 0 saturated heterocycles. The number of nitrogens with one attached hydrogen (secondary N) is 3. The number of rotatable bonds is 5. The Bertz CT molecular complexity index is 982. The van der Waals surface area contributed by atoms with E-state index in [4.69, 9.17) is 0 Å². The van der Waals surface area contributed by atoms with Crippen LogP contribution in [0.2, 0.25) is 0 Å². The Balaban J connectivity index is 1.29. The lowest BCUT2D eigenvalue weighted by atomic mass is 10.1. The fraction of sp³-hybridized carbons (Fsp3) is 0.250. The Morgan fingerprint density at radius 2 is 2.00 bits per heavy atom. The van der Waals surface area contributed by atoms with E-state index in [9.17, 15) is 18.7 Å². The number of urea groups is 1. The molecule has 140 valence electrons. The van der Waals surface area contributed by atoms with Gasteiger partial charge in [0.15, 0.2) is 0 Å². The van der Waals surface area contributed by atoms with E-state index in [0.717, 1.165) is 16.5 Å². The Morgan fingerprint density at radius 1 is 1.22 bits per heavy atom. The highest BCUT2D eigenvalue weighted by atomic mass is 19.1. The van der Waals surface area contributed by atoms with E-state index in [2.05, 4.69) is 15.6 Å². The van der Waals surface area contributed by atoms with Crippen molar-refractivity contribution in [3.63, 3.8) is 0 Å². The molecule has 1 aliphatic rings. The number of fused-ring (bicyclic) bond motifs is 1. The van der Waals surface area contributed by atoms with Crippen LogP contribution < -0.4 is 10.6 Å². The molecule has 7 heteroatoms. The number of aromatic nitrogens is 1. The number of hydrogen-bond acceptors (Lipinski definition) is 2. The molecule has 27 heavy (non-hydrogen) atoms. The van der Waals surface area contributed by atoms with Crippen LogP contribution in [-0.4, -0.2) is 28.7 Å². The van der Waals surface area contributed by atoms with Crippen LogP contribution in [0.3, 0.4) is 0 Å². The van der Waals surface area contributed by atoms with E-state index in [0.29, 0.717) is 19.4 Å². The second-order valence-corrected chi connectivity index (χ2v) is 6.78. The molecule has 0 spiro atoms. The van der Waals surface area contributed by atoms with Crippen LogP contribution in [0.1, 0.15) is 23.5 Å². The van der Waals surface area contributed by atoms with Crippen LogP contribution in [0.5, 0.6) is 5.75 Å². The number of phenols is 1. The Morgan fingerprint density at radius 3 is 2.78 bits per heavy atom. The summed E-state index contributed by atoms with van der Waals surface area (Å²) in [5, 5.41) is 16.0. The minimum absolute atomic E-state index is 0.0430. The number of phenolic OH excluding ortho intramolecular Hbond substituents is 1. The van der Waals surface area contributed by atoms with Crippen molar-refractivity contribution in [3.8, 4) is 5.75 Å². The number of hydrogen-bond donors (Lipinski definition) is 4. The molecule has 2 aromatic carbocycles. The van der Waals surface area contributed by atoms with Gasteiger partial charge in [0.05, 0.1) is 0 Å². The first kappa shape index (κ1) is 17.3. The average molecular weight is 371 g/mol. The maximum Gasteiger partial charge on any atom is 0.315 e. The smallest absolute Gasteiger partial charge is 0.315 e. The number of amides is 2. The summed E-state index contributed by atoms with van der Waals surface area (Å²) in [4.78, 5) is 15.1. The van der Waals surface area contributed by atoms with Gasteiger partial charge in [-0.1, -0.05) is 6.07 Å². The molecule has 1 saturated carbocycles. The molecule has 4 rings (SSSR count). The first-order valence-electron chi connectivity index (χ1n) is 8.80. The summed E-state index contributed by atoms with van der Waals surface area (Å²) in [5.41, 5.74) is 1.94. The van der Waals surface area contributed by atoms with Crippen molar-refractivity contribution in [1.29, 1.82) is 0 Å². The van der Waals surface area contributed by atoms with E-state index in [-0.39, 0.29) is 29.3 Å². The van der Waals surface area contributed by atoms with E-state index in [1.807, 2.05) is 6.20 Å². The number of carbonyl (C=O) groups is 1. The van der Waals surface area contributed by atoms with Crippen LogP contribution in [-0.2, 0) is 6.42 Å². The predicted molar refractivity (Wildman–Crippen MR) is 97.7 cm³/mol. The zero-order chi connectivity index (χ0) is 19.0. The largest absolute Gasteiger partial charge is 0.508 e. The fourth-order valence-corrected chi connectivity index (χ4v) is 3.44. The molecule has 5 nitrogen and oxygen atoms in total. The predicted octanol–water partition coefficient (Wildman–Crippen LogP) is 3.55. The van der Waals surface area contributed by atoms with Crippen molar-refractivity contribution in [2.75, 3.05) is 6.54 Å². The lowest BCUT2D eigenvalue weighted by Crippen LogP contribution is -2.38. The average Bonchev–Trinajstić information content (AvgIpc) is 3.24. The summed E-state index contributed by atoms with van der Waals surface area (Å²) < 4.78 is 27.6. The third kappa shape index (κ3) is 3.58. The van der Waals surface area contributed by atoms with Gasteiger partial charge in [-0.25, -0.2) is 13.6 Å². The molecule has 1 aromatic heterocycles. The summed E-state index contributed by atoms with van der Waals surface area (Å²) in [6.07, 6.45) is 2.96. The van der Waals surface area contributed by atoms with Gasteiger partial charge in [-0.3, -0.25) is 0 Å². The van der Waals surface area contributed by atoms with Gasteiger partial charge in [-0.2, -0.15) is 0 Å². The van der Waals surface area contributed by atoms with Crippen LogP contribution in [0.25, 0.3) is 10.9 Å². The van der Waals surface area contributed by atoms with Crippen LogP contribution in [0, 0.1) is 11.6 Å². The topological polar surface area (TPSA) is 77.2 Å². The summed E-state index contributed by atoms with van der Waals surface area (Å²) >= 11 is 0. The SMILES string of the molecule is O=C(NCCc1c[nH]c2ccc(O)cc12)N[C@@H]1C[C@H]1c1c(F)cccc1F. The van der Waals surface area contributed by atoms with E-state index < -0.39 is 11.6 Å². The quantitative estimate of drug-likeness (QED) is 0.554. The molecule has 0 bridgehead atoms. The third-order valence-electron chi connectivity index (χ3n) is 4.91. The Hall–Kier alpha value is -3.09. The van der Waals surface area contributed by atoms with Gasteiger partial charge in [-0.15, -0.1) is 0 Å². The highest BCUT2D eigenvalue weighted by Crippen LogP contribution is 2.43. The summed E-state index contributed by atoms with van der Waals surface area (Å²) in [7, 11) is 0. The standard InChI is InChI=1S/C20H19F2N3O2/c21-15-2-1-3-16(22)19(15)14-9-18(14)25-20(27)23-7-6-11-10-24-17-5-4-12(26)8-13(11)17/h1-5,8,10,14,18,24,26H,6-7,9H2,(H2,23,25,27)/t14-,18-/m1/s1. The number of benzene rings is 2. The molecule has 1 heterocycles.